The zero-order chi connectivity index (χ0) is 108. The minimum absolute atomic E-state index is 0.906. The predicted molar refractivity (Wildman–Crippen MR) is 537 cm³/mol. The average Bonchev–Trinajstić information content (AvgIpc) is 1.70. The highest BCUT2D eigenvalue weighted by Crippen LogP contribution is 2.18. The number of benzene rings is 8. The van der Waals surface area contributed by atoms with Crippen molar-refractivity contribution in [3.05, 3.63) is 194 Å². The second-order valence-electron chi connectivity index (χ2n) is 33.7. The Hall–Kier alpha value is -15.6. The van der Waals surface area contributed by atoms with Gasteiger partial charge in [-0.2, -0.15) is 0 Å². The SMILES string of the molecule is CN(C)C(n1nnc2ccccc21)=[N+](C)C.CN(C)C(n1nnc2ccccc21)=[N+](C)C.CN(C)C(n1nnc2ccccc21)=[N+](C)C.CN(C)C(n1nnc2ccccc21)=[N+](C)C.CN(C)C(n1nnc2ccccc21)=[N+](C)C.CN(C)C(n1nnc2ccccc21)=[N+](C)C.CN(C)C(n1nnc2ccccc21)=[N+](C)C.CN(C)C(n1nnc2ccccc21)=[N+](C)C.[O-]B([O-])F.[O-]B([O-])F.[O-]B([O-])F.[O-]B([O-])F. The Morgan fingerprint density at radius 1 is 0.181 bits per heavy atom. The summed E-state index contributed by atoms with van der Waals surface area (Å²) in [5, 5.41) is 133. The highest BCUT2D eigenvalue weighted by molar-refractivity contribution is 6.28. The van der Waals surface area contributed by atoms with Gasteiger partial charge in [0.05, 0.1) is 226 Å². The molecule has 8 aromatic heterocycles. The lowest BCUT2D eigenvalue weighted by Crippen LogP contribution is -2.39. The van der Waals surface area contributed by atoms with Gasteiger partial charge >= 0.3 is 47.7 Å². The number of aromatic nitrogens is 24. The van der Waals surface area contributed by atoms with E-state index in [0.29, 0.717) is 0 Å². The number of nitrogens with zero attached hydrogens (tertiary/aromatic N) is 40. The molecule has 0 spiro atoms. The third-order valence-corrected chi connectivity index (χ3v) is 18.7. The van der Waals surface area contributed by atoms with Crippen LogP contribution in [0.4, 0.5) is 17.3 Å². The molecule has 56 heteroatoms. The van der Waals surface area contributed by atoms with E-state index in [1.54, 1.807) is 0 Å². The molecule has 8 aromatic carbocycles. The van der Waals surface area contributed by atoms with Crippen molar-refractivity contribution in [1.29, 1.82) is 0 Å². The van der Waals surface area contributed by atoms with Crippen molar-refractivity contribution in [1.82, 2.24) is 159 Å². The standard InChI is InChI=1S/8C11H16N5.4BFO2/c8*1-14(2)11(15(3)4)16-10-8-6-5-7-9(10)12-13-16;4*2-1(3)4/h8*5-8H,1-4H3;;;;/q8*+1;4*-2. The van der Waals surface area contributed by atoms with E-state index in [0.717, 1.165) is 136 Å². The first-order chi connectivity index (χ1) is 67.8. The average molecular weight is 1990 g/mol. The Kier molecular flexibility index (Phi) is 47.3. The summed E-state index contributed by atoms with van der Waals surface area (Å²) in [6.07, 6.45) is 0. The van der Waals surface area contributed by atoms with Gasteiger partial charge in [-0.3, -0.25) is 75.8 Å². The number of hydrogen-bond acceptors (Lipinski definition) is 24. The van der Waals surface area contributed by atoms with Crippen LogP contribution in [-0.2, 0) is 0 Å². The molecule has 0 bridgehead atoms. The lowest BCUT2D eigenvalue weighted by atomic mass is 10.3. The predicted octanol–water partition coefficient (Wildman–Crippen LogP) is -5.60. The van der Waals surface area contributed by atoms with E-state index >= 15 is 0 Å². The maximum absolute atomic E-state index is 9.89. The summed E-state index contributed by atoms with van der Waals surface area (Å²) < 4.78 is 70.4. The Morgan fingerprint density at radius 3 is 0.326 bits per heavy atom. The summed E-state index contributed by atoms with van der Waals surface area (Å²) in [6, 6.07) is 63.5. The molecule has 16 aromatic rings. The highest BCUT2D eigenvalue weighted by atomic mass is 19.1. The Labute approximate surface area is 834 Å². The first kappa shape index (κ1) is 119. The molecule has 768 valence electrons. The van der Waals surface area contributed by atoms with Crippen LogP contribution in [0.25, 0.3) is 88.3 Å². The molecular weight excluding hydrogens is 1860 g/mol. The topological polar surface area (TPSA) is 480 Å². The van der Waals surface area contributed by atoms with Gasteiger partial charge in [-0.25, -0.2) is 0 Å². The summed E-state index contributed by atoms with van der Waals surface area (Å²) in [4.78, 5) is 16.1. The van der Waals surface area contributed by atoms with E-state index in [1.807, 2.05) is 533 Å². The molecule has 144 heavy (non-hydrogen) atoms. The molecule has 0 aliphatic heterocycles. The molecule has 0 N–H and O–H groups in total. The van der Waals surface area contributed by atoms with Gasteiger partial charge in [-0.15, -0.1) is 40.8 Å². The maximum Gasteiger partial charge on any atom is 0.380 e. The molecule has 48 nitrogen and oxygen atoms in total. The summed E-state index contributed by atoms with van der Waals surface area (Å²) in [5.74, 6) is 7.84. The van der Waals surface area contributed by atoms with Crippen LogP contribution >= 0.6 is 0 Å². The van der Waals surface area contributed by atoms with Crippen LogP contribution in [0.15, 0.2) is 194 Å². The molecule has 0 atom stereocenters. The lowest BCUT2D eigenvalue weighted by Gasteiger charge is -2.10. The van der Waals surface area contributed by atoms with Crippen LogP contribution in [0.1, 0.15) is 0 Å². The van der Waals surface area contributed by atoms with E-state index in [9.17, 15) is 17.3 Å². The van der Waals surface area contributed by atoms with E-state index in [2.05, 4.69) is 82.5 Å². The molecule has 0 amide bonds. The monoisotopic (exact) mass is 1990 g/mol. The molecule has 0 radical (unpaired) electrons. The fourth-order valence-electron chi connectivity index (χ4n) is 14.4. The van der Waals surface area contributed by atoms with Crippen LogP contribution in [0, 0.1) is 0 Å². The van der Waals surface area contributed by atoms with Crippen molar-refractivity contribution in [3.63, 3.8) is 0 Å². The third kappa shape index (κ3) is 34.4. The highest BCUT2D eigenvalue weighted by Gasteiger charge is 2.29. The summed E-state index contributed by atoms with van der Waals surface area (Å²) in [7, 11) is 51.1. The van der Waals surface area contributed by atoms with Crippen LogP contribution in [0.2, 0.25) is 0 Å². The number of halogens is 4. The number of rotatable bonds is 0. The lowest BCUT2D eigenvalue weighted by molar-refractivity contribution is -0.472. The van der Waals surface area contributed by atoms with Crippen molar-refractivity contribution in [2.24, 2.45) is 0 Å². The zero-order valence-electron chi connectivity index (χ0n) is 87.5. The Bertz CT molecular complexity index is 5770. The van der Waals surface area contributed by atoms with E-state index < -0.39 is 29.6 Å². The fourth-order valence-corrected chi connectivity index (χ4v) is 14.4. The summed E-state index contributed by atoms with van der Waals surface area (Å²) in [5.41, 5.74) is 15.4. The van der Waals surface area contributed by atoms with Crippen molar-refractivity contribution in [2.45, 2.75) is 0 Å². The molecule has 8 heterocycles. The van der Waals surface area contributed by atoms with Gasteiger partial charge in [0.1, 0.15) is 73.7 Å². The maximum atomic E-state index is 9.89. The minimum Gasteiger partial charge on any atom is -0.867 e. The second kappa shape index (κ2) is 57.3. The summed E-state index contributed by atoms with van der Waals surface area (Å²) >= 11 is 0. The summed E-state index contributed by atoms with van der Waals surface area (Å²) in [6.45, 7) is 0. The van der Waals surface area contributed by atoms with Gasteiger partial charge in [-0.1, -0.05) is 135 Å². The van der Waals surface area contributed by atoms with Crippen LogP contribution in [0.3, 0.4) is 0 Å². The molecule has 0 saturated carbocycles. The second-order valence-corrected chi connectivity index (χ2v) is 33.7. The Balaban J connectivity index is 0.000000283. The smallest absolute Gasteiger partial charge is 0.380 e. The van der Waals surface area contributed by atoms with Crippen molar-refractivity contribution >= 4 is 166 Å². The number of para-hydroxylation sites is 8. The van der Waals surface area contributed by atoms with Gasteiger partial charge in [0.15, 0.2) is 44.1 Å². The van der Waals surface area contributed by atoms with E-state index in [-0.39, 0.29) is 0 Å². The van der Waals surface area contributed by atoms with Crippen molar-refractivity contribution in [2.75, 3.05) is 226 Å². The van der Waals surface area contributed by atoms with E-state index in [4.69, 9.17) is 40.2 Å². The van der Waals surface area contributed by atoms with Gasteiger partial charge in [-0.05, 0) is 97.1 Å². The molecule has 0 aliphatic carbocycles. The van der Waals surface area contributed by atoms with Gasteiger partial charge < -0.3 is 57.5 Å². The number of hydrogen-bond donors (Lipinski definition) is 0. The van der Waals surface area contributed by atoms with Crippen LogP contribution in [-0.4, -0.2) is 499 Å². The molecular formula is C88H128B4F4N40O8. The molecule has 0 fully saturated rings. The normalized spacial score (nSPS) is 10.1. The largest absolute Gasteiger partial charge is 0.867 e. The van der Waals surface area contributed by atoms with Crippen LogP contribution < -0.4 is 40.2 Å². The minimum atomic E-state index is -3.17. The van der Waals surface area contributed by atoms with Gasteiger partial charge in [0.2, 0.25) is 0 Å². The van der Waals surface area contributed by atoms with Gasteiger partial charge in [0, 0.05) is 41.7 Å². The van der Waals surface area contributed by atoms with E-state index in [1.165, 1.54) is 0 Å². The van der Waals surface area contributed by atoms with Gasteiger partial charge in [0.25, 0.3) is 0 Å². The fraction of sp³-hybridized carbons (Fsp3) is 0.364. The quantitative estimate of drug-likeness (QED) is 0.0449. The molecule has 0 saturated heterocycles. The molecule has 16 rings (SSSR count). The molecule has 0 aliphatic rings. The first-order valence-corrected chi connectivity index (χ1v) is 43.8. The molecule has 0 unspecified atom stereocenters. The van der Waals surface area contributed by atoms with Crippen molar-refractivity contribution in [3.8, 4) is 0 Å². The zero-order valence-corrected chi connectivity index (χ0v) is 87.5. The van der Waals surface area contributed by atoms with Crippen molar-refractivity contribution < 1.29 is 94.1 Å². The Morgan fingerprint density at radius 2 is 0.257 bits per heavy atom. The first-order valence-electron chi connectivity index (χ1n) is 43.8. The number of fused-ring (bicyclic) bond motifs is 8. The van der Waals surface area contributed by atoms with Crippen LogP contribution in [0.5, 0.6) is 0 Å². The third-order valence-electron chi connectivity index (χ3n) is 18.7.